The minimum atomic E-state index is -0.00819. The summed E-state index contributed by atoms with van der Waals surface area (Å²) in [4.78, 5) is 25.1. The molecule has 2 aliphatic carbocycles. The predicted molar refractivity (Wildman–Crippen MR) is 86.0 cm³/mol. The quantitative estimate of drug-likeness (QED) is 0.861. The van der Waals surface area contributed by atoms with Crippen molar-refractivity contribution in [3.63, 3.8) is 0 Å². The van der Waals surface area contributed by atoms with Crippen LogP contribution in [-0.4, -0.2) is 28.2 Å². The van der Waals surface area contributed by atoms with E-state index in [4.69, 9.17) is 0 Å². The molecule has 3 rings (SSSR count). The highest BCUT2D eigenvalue weighted by atomic mass is 32.1. The third-order valence-electron chi connectivity index (χ3n) is 5.56. The van der Waals surface area contributed by atoms with Gasteiger partial charge in [0.2, 0.25) is 5.91 Å². The molecule has 0 aromatic carbocycles. The van der Waals surface area contributed by atoms with Gasteiger partial charge in [-0.05, 0) is 44.9 Å². The maximum atomic E-state index is 12.2. The van der Waals surface area contributed by atoms with Gasteiger partial charge in [-0.15, -0.1) is 0 Å². The van der Waals surface area contributed by atoms with E-state index in [1.54, 1.807) is 4.57 Å². The van der Waals surface area contributed by atoms with Crippen molar-refractivity contribution in [2.45, 2.75) is 52.1 Å². The summed E-state index contributed by atoms with van der Waals surface area (Å²) in [6.07, 6.45) is 3.81. The van der Waals surface area contributed by atoms with Gasteiger partial charge in [0.15, 0.2) is 0 Å². The normalized spacial score (nSPS) is 30.0. The number of nitrogens with zero attached hydrogens (tertiary/aromatic N) is 1. The number of carbonyl (C=O) groups excluding carboxylic acids is 1. The van der Waals surface area contributed by atoms with Crippen molar-refractivity contribution in [3.05, 3.63) is 20.2 Å². The summed E-state index contributed by atoms with van der Waals surface area (Å²) in [5.41, 5.74) is 0.955. The molecule has 0 spiro atoms. The monoisotopic (exact) mass is 324 g/mol. The summed E-state index contributed by atoms with van der Waals surface area (Å²) in [5, 5.41) is 12.7. The summed E-state index contributed by atoms with van der Waals surface area (Å²) in [5.74, 6) is 1.31. The van der Waals surface area contributed by atoms with E-state index in [-0.39, 0.29) is 29.3 Å². The van der Waals surface area contributed by atoms with Gasteiger partial charge in [0.25, 0.3) is 0 Å². The summed E-state index contributed by atoms with van der Waals surface area (Å²) >= 11 is 1.24. The number of aryl methyl sites for hydroxylation is 1. The summed E-state index contributed by atoms with van der Waals surface area (Å²) in [6, 6.07) is 0.123. The fourth-order valence-electron chi connectivity index (χ4n) is 4.22. The zero-order valence-electron chi connectivity index (χ0n) is 13.2. The van der Waals surface area contributed by atoms with Crippen LogP contribution >= 0.6 is 11.3 Å². The number of aliphatic hydroxyl groups is 1. The van der Waals surface area contributed by atoms with Crippen LogP contribution in [0.2, 0.25) is 0 Å². The molecule has 0 aliphatic heterocycles. The average molecular weight is 324 g/mol. The third-order valence-corrected chi connectivity index (χ3v) is 6.56. The Bertz CT molecular complexity index is 621. The molecule has 1 amide bonds. The van der Waals surface area contributed by atoms with Crippen molar-refractivity contribution in [1.82, 2.24) is 9.88 Å². The summed E-state index contributed by atoms with van der Waals surface area (Å²) in [7, 11) is 0. The third kappa shape index (κ3) is 2.74. The van der Waals surface area contributed by atoms with Crippen LogP contribution in [0.25, 0.3) is 0 Å². The van der Waals surface area contributed by atoms with Crippen molar-refractivity contribution in [3.8, 4) is 0 Å². The van der Waals surface area contributed by atoms with Crippen LogP contribution in [0.3, 0.4) is 0 Å². The number of amides is 1. The van der Waals surface area contributed by atoms with E-state index in [2.05, 4.69) is 5.32 Å². The first-order valence-electron chi connectivity index (χ1n) is 8.08. The molecule has 0 radical (unpaired) electrons. The Morgan fingerprint density at radius 1 is 1.36 bits per heavy atom. The Balaban J connectivity index is 1.58. The van der Waals surface area contributed by atoms with Gasteiger partial charge in [-0.3, -0.25) is 9.59 Å². The largest absolute Gasteiger partial charge is 0.396 e. The molecule has 5 nitrogen and oxygen atoms in total. The number of rotatable bonds is 5. The number of thiazole rings is 1. The van der Waals surface area contributed by atoms with E-state index in [0.29, 0.717) is 24.8 Å². The van der Waals surface area contributed by atoms with Gasteiger partial charge in [0.05, 0.1) is 0 Å². The van der Waals surface area contributed by atoms with E-state index < -0.39 is 0 Å². The zero-order chi connectivity index (χ0) is 15.9. The molecular formula is C16H24N2O3S. The van der Waals surface area contributed by atoms with E-state index in [0.717, 1.165) is 23.4 Å². The molecule has 4 atom stereocenters. The molecular weight excluding hydrogens is 300 g/mol. The second-order valence-electron chi connectivity index (χ2n) is 6.68. The van der Waals surface area contributed by atoms with Crippen LogP contribution in [0.5, 0.6) is 0 Å². The SMILES string of the molecule is Cc1sc(=O)n(CCC(=O)NC2C3CCC(C3)C2CO)c1C. The van der Waals surface area contributed by atoms with Crippen LogP contribution in [-0.2, 0) is 11.3 Å². The summed E-state index contributed by atoms with van der Waals surface area (Å²) < 4.78 is 1.68. The Morgan fingerprint density at radius 3 is 2.73 bits per heavy atom. The maximum Gasteiger partial charge on any atom is 0.307 e. The van der Waals surface area contributed by atoms with Crippen LogP contribution in [0.4, 0.5) is 0 Å². The van der Waals surface area contributed by atoms with Gasteiger partial charge < -0.3 is 15.0 Å². The standard InChI is InChI=1S/C16H24N2O3S/c1-9-10(2)22-16(21)18(9)6-5-14(20)17-15-12-4-3-11(7-12)13(15)8-19/h11-13,15,19H,3-8H2,1-2H3,(H,17,20). The first kappa shape index (κ1) is 15.7. The number of nitrogens with one attached hydrogen (secondary N) is 1. The minimum Gasteiger partial charge on any atom is -0.396 e. The van der Waals surface area contributed by atoms with Crippen molar-refractivity contribution >= 4 is 17.2 Å². The number of hydrogen-bond donors (Lipinski definition) is 2. The molecule has 2 aliphatic rings. The van der Waals surface area contributed by atoms with E-state index in [1.807, 2.05) is 13.8 Å². The maximum absolute atomic E-state index is 12.2. The lowest BCUT2D eigenvalue weighted by molar-refractivity contribution is -0.122. The number of hydrogen-bond acceptors (Lipinski definition) is 4. The highest BCUT2D eigenvalue weighted by Crippen LogP contribution is 2.48. The van der Waals surface area contributed by atoms with Gasteiger partial charge in [0, 0.05) is 42.1 Å². The molecule has 0 saturated heterocycles. The molecule has 1 aromatic rings. The first-order chi connectivity index (χ1) is 10.5. The highest BCUT2D eigenvalue weighted by molar-refractivity contribution is 7.09. The van der Waals surface area contributed by atoms with Crippen molar-refractivity contribution in [2.75, 3.05) is 6.61 Å². The van der Waals surface area contributed by atoms with Crippen molar-refractivity contribution in [2.24, 2.45) is 17.8 Å². The van der Waals surface area contributed by atoms with Gasteiger partial charge in [-0.2, -0.15) is 0 Å². The number of fused-ring (bicyclic) bond motifs is 2. The van der Waals surface area contributed by atoms with E-state index in [1.165, 1.54) is 17.8 Å². The summed E-state index contributed by atoms with van der Waals surface area (Å²) in [6.45, 7) is 4.45. The van der Waals surface area contributed by atoms with Crippen LogP contribution < -0.4 is 10.2 Å². The smallest absolute Gasteiger partial charge is 0.307 e. The number of carbonyl (C=O) groups is 1. The Kier molecular flexibility index (Phi) is 4.41. The molecule has 2 N–H and O–H groups in total. The molecule has 2 fully saturated rings. The van der Waals surface area contributed by atoms with Gasteiger partial charge in [-0.25, -0.2) is 0 Å². The Morgan fingerprint density at radius 2 is 2.09 bits per heavy atom. The first-order valence-corrected chi connectivity index (χ1v) is 8.90. The minimum absolute atomic E-state index is 0.00819. The fourth-order valence-corrected chi connectivity index (χ4v) is 5.07. The average Bonchev–Trinajstić information content (AvgIpc) is 3.13. The fraction of sp³-hybridized carbons (Fsp3) is 0.750. The Hall–Kier alpha value is -1.14. The van der Waals surface area contributed by atoms with E-state index in [9.17, 15) is 14.7 Å². The van der Waals surface area contributed by atoms with Crippen molar-refractivity contribution in [1.29, 1.82) is 0 Å². The van der Waals surface area contributed by atoms with E-state index >= 15 is 0 Å². The second kappa shape index (κ2) is 6.16. The molecule has 122 valence electrons. The molecule has 2 saturated carbocycles. The van der Waals surface area contributed by atoms with Crippen molar-refractivity contribution < 1.29 is 9.90 Å². The number of aliphatic hydroxyl groups excluding tert-OH is 1. The second-order valence-corrected chi connectivity index (χ2v) is 7.85. The lowest BCUT2D eigenvalue weighted by Gasteiger charge is -2.30. The van der Waals surface area contributed by atoms with Gasteiger partial charge in [-0.1, -0.05) is 11.3 Å². The van der Waals surface area contributed by atoms with Gasteiger partial charge >= 0.3 is 4.87 Å². The molecule has 1 aromatic heterocycles. The molecule has 6 heteroatoms. The van der Waals surface area contributed by atoms with Crippen LogP contribution in [0, 0.1) is 31.6 Å². The molecule has 22 heavy (non-hydrogen) atoms. The zero-order valence-corrected chi connectivity index (χ0v) is 14.0. The van der Waals surface area contributed by atoms with Crippen LogP contribution in [0.1, 0.15) is 36.3 Å². The predicted octanol–water partition coefficient (Wildman–Crippen LogP) is 1.44. The highest BCUT2D eigenvalue weighted by Gasteiger charge is 2.47. The van der Waals surface area contributed by atoms with Crippen LogP contribution in [0.15, 0.2) is 4.79 Å². The van der Waals surface area contributed by atoms with Gasteiger partial charge in [0.1, 0.15) is 0 Å². The molecule has 2 bridgehead atoms. The molecule has 1 heterocycles. The topological polar surface area (TPSA) is 71.3 Å². The Labute approximate surface area is 134 Å². The lowest BCUT2D eigenvalue weighted by atomic mass is 9.85. The molecule has 4 unspecified atom stereocenters. The lowest BCUT2D eigenvalue weighted by Crippen LogP contribution is -2.45. The number of aromatic nitrogens is 1.